The van der Waals surface area contributed by atoms with E-state index >= 15 is 0 Å². The van der Waals surface area contributed by atoms with Crippen molar-refractivity contribution in [2.24, 2.45) is 0 Å². The summed E-state index contributed by atoms with van der Waals surface area (Å²) in [5.41, 5.74) is 2.27. The summed E-state index contributed by atoms with van der Waals surface area (Å²) < 4.78 is 0. The van der Waals surface area contributed by atoms with Gasteiger partial charge in [-0.15, -0.1) is 0 Å². The lowest BCUT2D eigenvalue weighted by Gasteiger charge is -2.27. The van der Waals surface area contributed by atoms with Crippen LogP contribution in [0, 0.1) is 0 Å². The molecule has 0 saturated carbocycles. The minimum absolute atomic E-state index is 0.308. The average molecular weight is 256 g/mol. The van der Waals surface area contributed by atoms with Gasteiger partial charge in [-0.05, 0) is 30.2 Å². The first-order valence-electron chi connectivity index (χ1n) is 6.66. The third kappa shape index (κ3) is 4.07. The van der Waals surface area contributed by atoms with Crippen molar-refractivity contribution in [3.63, 3.8) is 0 Å². The fraction of sp³-hybridized carbons (Fsp3) is 0.312. The highest BCUT2D eigenvalue weighted by atomic mass is 16.3. The van der Waals surface area contributed by atoms with E-state index in [9.17, 15) is 5.11 Å². The molecule has 3 nitrogen and oxygen atoms in total. The first kappa shape index (κ1) is 13.6. The highest BCUT2D eigenvalue weighted by molar-refractivity contribution is 5.46. The van der Waals surface area contributed by atoms with Crippen LogP contribution in [0.4, 0.5) is 5.69 Å². The highest BCUT2D eigenvalue weighted by Gasteiger charge is 2.11. The molecule has 0 unspecified atom stereocenters. The molecule has 19 heavy (non-hydrogen) atoms. The van der Waals surface area contributed by atoms with E-state index in [1.54, 1.807) is 6.20 Å². The smallest absolute Gasteiger partial charge is 0.0712 e. The molecule has 2 aromatic rings. The number of rotatable bonds is 6. The standard InChI is InChI=1S/C16H20N2O/c1-2-16(19)13-18(15-8-4-3-5-9-15)12-14-7-6-10-17-11-14/h3-11,16,19H,2,12-13H2,1H3/t16-/m0/s1. The van der Waals surface area contributed by atoms with Gasteiger partial charge in [-0.2, -0.15) is 0 Å². The Morgan fingerprint density at radius 1 is 1.16 bits per heavy atom. The van der Waals surface area contributed by atoms with E-state index in [0.29, 0.717) is 6.54 Å². The van der Waals surface area contributed by atoms with Crippen LogP contribution in [0.1, 0.15) is 18.9 Å². The maximum Gasteiger partial charge on any atom is 0.0712 e. The number of benzene rings is 1. The van der Waals surface area contributed by atoms with Crippen LogP contribution in [0.15, 0.2) is 54.9 Å². The van der Waals surface area contributed by atoms with Gasteiger partial charge in [0.05, 0.1) is 6.10 Å². The molecule has 0 saturated heterocycles. The molecule has 100 valence electrons. The van der Waals surface area contributed by atoms with Crippen LogP contribution in [-0.2, 0) is 6.54 Å². The minimum Gasteiger partial charge on any atom is -0.391 e. The molecule has 0 aliphatic carbocycles. The van der Waals surface area contributed by atoms with Gasteiger partial charge in [-0.1, -0.05) is 31.2 Å². The second-order valence-electron chi connectivity index (χ2n) is 4.64. The second kappa shape index (κ2) is 6.90. The molecule has 2 rings (SSSR count). The Balaban J connectivity index is 2.15. The molecule has 0 aliphatic heterocycles. The number of aliphatic hydroxyl groups is 1. The van der Waals surface area contributed by atoms with Crippen LogP contribution in [0.25, 0.3) is 0 Å². The highest BCUT2D eigenvalue weighted by Crippen LogP contribution is 2.17. The zero-order chi connectivity index (χ0) is 13.5. The van der Waals surface area contributed by atoms with Crippen LogP contribution in [0.3, 0.4) is 0 Å². The summed E-state index contributed by atoms with van der Waals surface area (Å²) in [6, 6.07) is 14.2. The molecule has 1 N–H and O–H groups in total. The number of aliphatic hydroxyl groups excluding tert-OH is 1. The van der Waals surface area contributed by atoms with E-state index in [4.69, 9.17) is 0 Å². The van der Waals surface area contributed by atoms with Gasteiger partial charge in [0.2, 0.25) is 0 Å². The molecule has 1 aromatic carbocycles. The van der Waals surface area contributed by atoms with Crippen LogP contribution >= 0.6 is 0 Å². The summed E-state index contributed by atoms with van der Waals surface area (Å²) in [7, 11) is 0. The van der Waals surface area contributed by atoms with E-state index in [0.717, 1.165) is 24.2 Å². The number of hydrogen-bond acceptors (Lipinski definition) is 3. The van der Waals surface area contributed by atoms with Crippen LogP contribution in [0.5, 0.6) is 0 Å². The van der Waals surface area contributed by atoms with Crippen molar-refractivity contribution in [2.45, 2.75) is 26.0 Å². The fourth-order valence-corrected chi connectivity index (χ4v) is 2.00. The normalized spacial score (nSPS) is 12.1. The molecule has 1 aromatic heterocycles. The molecule has 0 aliphatic rings. The lowest BCUT2D eigenvalue weighted by Crippen LogP contribution is -2.31. The van der Waals surface area contributed by atoms with E-state index in [1.807, 2.05) is 37.4 Å². The summed E-state index contributed by atoms with van der Waals surface area (Å²) in [6.45, 7) is 3.39. The third-order valence-corrected chi connectivity index (χ3v) is 3.12. The molecule has 0 fully saturated rings. The van der Waals surface area contributed by atoms with Gasteiger partial charge >= 0.3 is 0 Å². The van der Waals surface area contributed by atoms with Crippen LogP contribution in [-0.4, -0.2) is 22.7 Å². The van der Waals surface area contributed by atoms with Gasteiger partial charge in [-0.25, -0.2) is 0 Å². The predicted octanol–water partition coefficient (Wildman–Crippen LogP) is 2.86. The van der Waals surface area contributed by atoms with Crippen molar-refractivity contribution in [1.82, 2.24) is 4.98 Å². The van der Waals surface area contributed by atoms with Crippen molar-refractivity contribution in [2.75, 3.05) is 11.4 Å². The van der Waals surface area contributed by atoms with Crippen molar-refractivity contribution >= 4 is 5.69 Å². The largest absolute Gasteiger partial charge is 0.391 e. The Labute approximate surface area is 114 Å². The SMILES string of the molecule is CC[C@H](O)CN(Cc1cccnc1)c1ccccc1. The number of anilines is 1. The Hall–Kier alpha value is -1.87. The summed E-state index contributed by atoms with van der Waals surface area (Å²) >= 11 is 0. The molecule has 3 heteroatoms. The fourth-order valence-electron chi connectivity index (χ4n) is 2.00. The minimum atomic E-state index is -0.308. The molecule has 1 heterocycles. The number of para-hydroxylation sites is 1. The predicted molar refractivity (Wildman–Crippen MR) is 78.0 cm³/mol. The molecule has 0 bridgehead atoms. The lowest BCUT2D eigenvalue weighted by atomic mass is 10.2. The number of aromatic nitrogens is 1. The lowest BCUT2D eigenvalue weighted by molar-refractivity contribution is 0.175. The van der Waals surface area contributed by atoms with Gasteiger partial charge < -0.3 is 10.0 Å². The summed E-state index contributed by atoms with van der Waals surface area (Å²) in [5, 5.41) is 9.91. The molecule has 1 atom stereocenters. The quantitative estimate of drug-likeness (QED) is 0.863. The van der Waals surface area contributed by atoms with Gasteiger partial charge in [0.1, 0.15) is 0 Å². The number of pyridine rings is 1. The molecule has 0 radical (unpaired) electrons. The zero-order valence-corrected chi connectivity index (χ0v) is 11.2. The van der Waals surface area contributed by atoms with Gasteiger partial charge in [-0.3, -0.25) is 4.98 Å². The van der Waals surface area contributed by atoms with Gasteiger partial charge in [0, 0.05) is 31.2 Å². The van der Waals surface area contributed by atoms with Crippen molar-refractivity contribution < 1.29 is 5.11 Å². The average Bonchev–Trinajstić information content (AvgIpc) is 2.48. The van der Waals surface area contributed by atoms with Crippen LogP contribution < -0.4 is 4.90 Å². The first-order chi connectivity index (χ1) is 9.29. The Morgan fingerprint density at radius 2 is 1.95 bits per heavy atom. The molecule has 0 spiro atoms. The molecular weight excluding hydrogens is 236 g/mol. The van der Waals surface area contributed by atoms with E-state index in [2.05, 4.69) is 28.1 Å². The topological polar surface area (TPSA) is 36.4 Å². The first-order valence-corrected chi connectivity index (χ1v) is 6.66. The number of nitrogens with zero attached hydrogens (tertiary/aromatic N) is 2. The van der Waals surface area contributed by atoms with Gasteiger partial charge in [0.25, 0.3) is 0 Å². The summed E-state index contributed by atoms with van der Waals surface area (Å²) in [4.78, 5) is 6.33. The van der Waals surface area contributed by atoms with Crippen molar-refractivity contribution in [3.05, 3.63) is 60.4 Å². The maximum atomic E-state index is 9.91. The van der Waals surface area contributed by atoms with E-state index in [1.165, 1.54) is 0 Å². The molecular formula is C16H20N2O. The van der Waals surface area contributed by atoms with E-state index in [-0.39, 0.29) is 6.10 Å². The number of hydrogen-bond donors (Lipinski definition) is 1. The third-order valence-electron chi connectivity index (χ3n) is 3.12. The van der Waals surface area contributed by atoms with Crippen molar-refractivity contribution in [3.8, 4) is 0 Å². The second-order valence-corrected chi connectivity index (χ2v) is 4.64. The van der Waals surface area contributed by atoms with Crippen LogP contribution in [0.2, 0.25) is 0 Å². The summed E-state index contributed by atoms with van der Waals surface area (Å²) in [6.07, 6.45) is 4.10. The molecule has 0 amide bonds. The Kier molecular flexibility index (Phi) is 4.93. The Bertz CT molecular complexity index is 473. The van der Waals surface area contributed by atoms with E-state index < -0.39 is 0 Å². The maximum absolute atomic E-state index is 9.91. The van der Waals surface area contributed by atoms with Gasteiger partial charge in [0.15, 0.2) is 0 Å². The zero-order valence-electron chi connectivity index (χ0n) is 11.2. The summed E-state index contributed by atoms with van der Waals surface area (Å²) in [5.74, 6) is 0. The van der Waals surface area contributed by atoms with Crippen molar-refractivity contribution in [1.29, 1.82) is 0 Å². The monoisotopic (exact) mass is 256 g/mol. The Morgan fingerprint density at radius 3 is 2.58 bits per heavy atom.